The largest absolute Gasteiger partial charge is 0.616 e. The lowest BCUT2D eigenvalue weighted by molar-refractivity contribution is -0.434. The smallest absolute Gasteiger partial charge is 0.280 e. The van der Waals surface area contributed by atoms with Crippen molar-refractivity contribution in [1.29, 1.82) is 0 Å². The summed E-state index contributed by atoms with van der Waals surface area (Å²) in [5.41, 5.74) is 0. The summed E-state index contributed by atoms with van der Waals surface area (Å²) in [6, 6.07) is 0. The highest BCUT2D eigenvalue weighted by Gasteiger charge is 2.92. The van der Waals surface area contributed by atoms with E-state index in [2.05, 4.69) is 0 Å². The molecular formula is C6BF15. The van der Waals surface area contributed by atoms with E-state index in [0.717, 1.165) is 0 Å². The van der Waals surface area contributed by atoms with Gasteiger partial charge in [-0.15, -0.1) is 0 Å². The normalized spacial score (nSPS) is 16.0. The van der Waals surface area contributed by atoms with E-state index in [1.165, 1.54) is 0 Å². The summed E-state index contributed by atoms with van der Waals surface area (Å²) >= 11 is 0. The minimum atomic E-state index is -8.17. The fourth-order valence-corrected chi connectivity index (χ4v) is 0.919. The van der Waals surface area contributed by atoms with Crippen molar-refractivity contribution in [2.45, 2.75) is 35.7 Å². The molecule has 0 amide bonds. The second-order valence-corrected chi connectivity index (χ2v) is 3.72. The molecule has 0 radical (unpaired) electrons. The maximum atomic E-state index is 12.6. The molecule has 0 aromatic rings. The van der Waals surface area contributed by atoms with E-state index in [1.807, 2.05) is 0 Å². The van der Waals surface area contributed by atoms with Crippen LogP contribution in [0.2, 0.25) is 0 Å². The monoisotopic (exact) mass is 368 g/mol. The lowest BCUT2D eigenvalue weighted by Gasteiger charge is -2.39. The first-order valence-electron chi connectivity index (χ1n) is 4.43. The van der Waals surface area contributed by atoms with Crippen LogP contribution in [0.15, 0.2) is 0 Å². The number of hydrogen-bond acceptors (Lipinski definition) is 0. The van der Waals surface area contributed by atoms with Gasteiger partial charge in [0.25, 0.3) is 0 Å². The summed E-state index contributed by atoms with van der Waals surface area (Å²) in [6.45, 7) is 0. The van der Waals surface area contributed by atoms with Crippen LogP contribution in [0.25, 0.3) is 0 Å². The lowest BCUT2D eigenvalue weighted by atomic mass is 9.77. The molecule has 0 rings (SSSR count). The quantitative estimate of drug-likeness (QED) is 0.488. The molecule has 0 saturated carbocycles. The zero-order valence-corrected chi connectivity index (χ0v) is 9.25. The van der Waals surface area contributed by atoms with Gasteiger partial charge in [-0.3, -0.25) is 8.63 Å². The molecule has 16 heteroatoms. The van der Waals surface area contributed by atoms with Crippen LogP contribution in [-0.2, 0) is 0 Å². The van der Waals surface area contributed by atoms with Gasteiger partial charge in [0.1, 0.15) is 0 Å². The third-order valence-electron chi connectivity index (χ3n) is 2.23. The molecule has 0 aromatic carbocycles. The topological polar surface area (TPSA) is 0 Å². The summed E-state index contributed by atoms with van der Waals surface area (Å²) in [5.74, 6) is -39.5. The summed E-state index contributed by atoms with van der Waals surface area (Å²) in [6.07, 6.45) is -7.56. The molecule has 0 nitrogen and oxygen atoms in total. The molecule has 22 heavy (non-hydrogen) atoms. The van der Waals surface area contributed by atoms with E-state index in [-0.39, 0.29) is 0 Å². The minimum absolute atomic E-state index is 5.76. The molecule has 0 aromatic heterocycles. The van der Waals surface area contributed by atoms with Gasteiger partial charge >= 0.3 is 43.0 Å². The van der Waals surface area contributed by atoms with Crippen LogP contribution < -0.4 is 0 Å². The van der Waals surface area contributed by atoms with Crippen LogP contribution in [-0.4, -0.2) is 43.0 Å². The standard InChI is InChI=1S/C6BF15/c8-1(9,3(12,13)5(16,17)7(21)22)2(10,11)4(14,15)6(18,19)20. The first kappa shape index (κ1) is 21.0. The van der Waals surface area contributed by atoms with Gasteiger partial charge in [-0.1, -0.05) is 0 Å². The number of rotatable bonds is 5. The molecule has 0 aliphatic rings. The first-order chi connectivity index (χ1) is 9.19. The van der Waals surface area contributed by atoms with Gasteiger partial charge in [-0.2, -0.15) is 48.3 Å². The summed E-state index contributed by atoms with van der Waals surface area (Å²) < 4.78 is 182. The molecule has 0 heterocycles. The minimum Gasteiger partial charge on any atom is -0.280 e. The Balaban J connectivity index is 6.24. The Labute approximate surface area is 110 Å². The number of hydrogen-bond donors (Lipinski definition) is 0. The third kappa shape index (κ3) is 2.47. The third-order valence-corrected chi connectivity index (χ3v) is 2.23. The van der Waals surface area contributed by atoms with E-state index in [4.69, 9.17) is 0 Å². The van der Waals surface area contributed by atoms with E-state index >= 15 is 0 Å². The van der Waals surface area contributed by atoms with Crippen LogP contribution in [0.5, 0.6) is 0 Å². The van der Waals surface area contributed by atoms with Crippen molar-refractivity contribution in [2.24, 2.45) is 0 Å². The Morgan fingerprint density at radius 1 is 0.409 bits per heavy atom. The maximum absolute atomic E-state index is 12.6. The van der Waals surface area contributed by atoms with Crippen molar-refractivity contribution in [1.82, 2.24) is 0 Å². The van der Waals surface area contributed by atoms with E-state index in [1.54, 1.807) is 0 Å². The summed E-state index contributed by atoms with van der Waals surface area (Å²) in [4.78, 5) is 0. The Morgan fingerprint density at radius 2 is 0.682 bits per heavy atom. The van der Waals surface area contributed by atoms with Crippen LogP contribution in [0, 0.1) is 0 Å². The predicted octanol–water partition coefficient (Wildman–Crippen LogP) is 4.69. The van der Waals surface area contributed by atoms with E-state index in [0.29, 0.717) is 0 Å². The van der Waals surface area contributed by atoms with Gasteiger partial charge in [0.15, 0.2) is 0 Å². The van der Waals surface area contributed by atoms with Gasteiger partial charge in [0.2, 0.25) is 0 Å². The molecule has 0 bridgehead atoms. The van der Waals surface area contributed by atoms with Gasteiger partial charge in [0, 0.05) is 0 Å². The Hall–Kier alpha value is -0.985. The van der Waals surface area contributed by atoms with Crippen molar-refractivity contribution >= 4 is 7.27 Å². The predicted molar refractivity (Wildman–Crippen MR) is 38.8 cm³/mol. The molecule has 132 valence electrons. The fourth-order valence-electron chi connectivity index (χ4n) is 0.919. The average molecular weight is 368 g/mol. The molecule has 0 aliphatic heterocycles. The van der Waals surface area contributed by atoms with Gasteiger partial charge < -0.3 is 0 Å². The van der Waals surface area contributed by atoms with Crippen molar-refractivity contribution < 1.29 is 65.7 Å². The van der Waals surface area contributed by atoms with E-state index in [9.17, 15) is 65.7 Å². The van der Waals surface area contributed by atoms with E-state index < -0.39 is 43.0 Å². The SMILES string of the molecule is FB(F)C(F)(F)C(F)(F)C(F)(F)C(F)(F)C(F)(F)C(F)(F)F. The van der Waals surface area contributed by atoms with Crippen molar-refractivity contribution in [2.75, 3.05) is 0 Å². The van der Waals surface area contributed by atoms with Crippen LogP contribution in [0.3, 0.4) is 0 Å². The molecule has 0 unspecified atom stereocenters. The fraction of sp³-hybridized carbons (Fsp3) is 1.00. The van der Waals surface area contributed by atoms with Gasteiger partial charge in [0.05, 0.1) is 0 Å². The first-order valence-corrected chi connectivity index (χ1v) is 4.43. The van der Waals surface area contributed by atoms with Crippen LogP contribution in [0.4, 0.5) is 65.7 Å². The highest BCUT2D eigenvalue weighted by Crippen LogP contribution is 2.60. The molecule has 0 aliphatic carbocycles. The molecule has 0 fully saturated rings. The maximum Gasteiger partial charge on any atom is 0.616 e. The van der Waals surface area contributed by atoms with Crippen molar-refractivity contribution in [3.8, 4) is 0 Å². The molecule has 0 spiro atoms. The summed E-state index contributed by atoms with van der Waals surface area (Å²) in [5, 5.41) is 0. The Bertz CT molecular complexity index is 405. The van der Waals surface area contributed by atoms with Crippen molar-refractivity contribution in [3.63, 3.8) is 0 Å². The zero-order chi connectivity index (χ0) is 18.6. The lowest BCUT2D eigenvalue weighted by Crippen LogP contribution is -2.71. The highest BCUT2D eigenvalue weighted by molar-refractivity contribution is 6.46. The van der Waals surface area contributed by atoms with Gasteiger partial charge in [-0.05, 0) is 0 Å². The second-order valence-electron chi connectivity index (χ2n) is 3.72. The second kappa shape index (κ2) is 5.01. The Kier molecular flexibility index (Phi) is 4.78. The average Bonchev–Trinajstić information content (AvgIpc) is 2.25. The number of alkyl halides is 13. The Morgan fingerprint density at radius 3 is 0.909 bits per heavy atom. The summed E-state index contributed by atoms with van der Waals surface area (Å²) in [7, 11) is -5.76. The molecule has 0 saturated heterocycles. The van der Waals surface area contributed by atoms with Gasteiger partial charge in [-0.25, -0.2) is 8.78 Å². The van der Waals surface area contributed by atoms with Crippen LogP contribution in [0.1, 0.15) is 0 Å². The highest BCUT2D eigenvalue weighted by atomic mass is 19.4. The molecular weight excluding hydrogens is 368 g/mol. The number of halogens is 15. The molecule has 0 N–H and O–H groups in total. The van der Waals surface area contributed by atoms with Crippen LogP contribution >= 0.6 is 0 Å². The molecule has 0 atom stereocenters. The zero-order valence-electron chi connectivity index (χ0n) is 9.25. The van der Waals surface area contributed by atoms with Crippen molar-refractivity contribution in [3.05, 3.63) is 0 Å².